The molecule has 0 atom stereocenters. The van der Waals surface area contributed by atoms with Crippen molar-refractivity contribution in [3.8, 4) is 11.5 Å². The van der Waals surface area contributed by atoms with E-state index in [0.29, 0.717) is 17.2 Å². The molecule has 7 heteroatoms. The predicted molar refractivity (Wildman–Crippen MR) is 133 cm³/mol. The summed E-state index contributed by atoms with van der Waals surface area (Å²) in [6.45, 7) is 3.94. The molecule has 0 unspecified atom stereocenters. The highest BCUT2D eigenvalue weighted by atomic mass is 32.2. The number of nitrogens with zero attached hydrogens (tertiary/aromatic N) is 1. The number of thioether (sulfide) groups is 2. The molecule has 0 aliphatic carbocycles. The van der Waals surface area contributed by atoms with Gasteiger partial charge in [0, 0.05) is 9.79 Å². The van der Waals surface area contributed by atoms with Gasteiger partial charge < -0.3 is 9.47 Å². The van der Waals surface area contributed by atoms with Crippen molar-refractivity contribution >= 4 is 41.0 Å². The molecule has 1 aliphatic heterocycles. The maximum atomic E-state index is 13.3. The van der Waals surface area contributed by atoms with Gasteiger partial charge in [-0.15, -0.1) is 23.5 Å². The van der Waals surface area contributed by atoms with Crippen LogP contribution in [0.4, 0.5) is 5.69 Å². The number of para-hydroxylation sites is 1. The second-order valence-electron chi connectivity index (χ2n) is 7.41. The van der Waals surface area contributed by atoms with Crippen LogP contribution in [0.15, 0.2) is 88.0 Å². The van der Waals surface area contributed by atoms with Crippen LogP contribution >= 0.6 is 23.5 Å². The van der Waals surface area contributed by atoms with E-state index in [2.05, 4.69) is 0 Å². The van der Waals surface area contributed by atoms with Crippen molar-refractivity contribution in [3.63, 3.8) is 0 Å². The Hall–Kier alpha value is -3.16. The number of anilines is 1. The van der Waals surface area contributed by atoms with E-state index >= 15 is 0 Å². The number of carbonyl (C=O) groups is 2. The lowest BCUT2D eigenvalue weighted by Crippen LogP contribution is -2.32. The molecule has 0 spiro atoms. The van der Waals surface area contributed by atoms with Crippen molar-refractivity contribution in [2.75, 3.05) is 17.4 Å². The molecule has 0 N–H and O–H groups in total. The van der Waals surface area contributed by atoms with Crippen molar-refractivity contribution in [1.82, 2.24) is 0 Å². The highest BCUT2D eigenvalue weighted by Gasteiger charge is 2.43. The summed E-state index contributed by atoms with van der Waals surface area (Å²) in [6.07, 6.45) is 4.00. The van der Waals surface area contributed by atoms with Gasteiger partial charge in [-0.25, -0.2) is 4.90 Å². The average Bonchev–Trinajstić information content (AvgIpc) is 3.04. The molecule has 5 nitrogen and oxygen atoms in total. The molecule has 0 saturated heterocycles. The highest BCUT2D eigenvalue weighted by molar-refractivity contribution is 7.98. The number of amides is 2. The molecule has 33 heavy (non-hydrogen) atoms. The Bertz CT molecular complexity index is 1180. The maximum Gasteiger partial charge on any atom is 0.305 e. The molecule has 0 bridgehead atoms. The summed E-state index contributed by atoms with van der Waals surface area (Å²) in [4.78, 5) is 30.0. The van der Waals surface area contributed by atoms with Gasteiger partial charge in [-0.2, -0.15) is 0 Å². The molecule has 1 aliphatic rings. The number of imide groups is 1. The normalized spacial score (nSPS) is 13.6. The van der Waals surface area contributed by atoms with Crippen molar-refractivity contribution in [1.29, 1.82) is 0 Å². The lowest BCUT2D eigenvalue weighted by Gasteiger charge is -2.14. The number of hydrogen-bond acceptors (Lipinski definition) is 6. The second-order valence-corrected chi connectivity index (χ2v) is 9.10. The van der Waals surface area contributed by atoms with Gasteiger partial charge in [0.2, 0.25) is 11.5 Å². The first kappa shape index (κ1) is 23.0. The quantitative estimate of drug-likeness (QED) is 0.308. The van der Waals surface area contributed by atoms with E-state index in [0.717, 1.165) is 25.8 Å². The largest absolute Gasteiger partial charge is 0.447 e. The first-order valence-electron chi connectivity index (χ1n) is 10.3. The molecule has 0 aromatic heterocycles. The van der Waals surface area contributed by atoms with Gasteiger partial charge in [0.15, 0.2) is 0 Å². The van der Waals surface area contributed by atoms with Crippen molar-refractivity contribution in [2.24, 2.45) is 0 Å². The van der Waals surface area contributed by atoms with Gasteiger partial charge in [0.25, 0.3) is 0 Å². The van der Waals surface area contributed by atoms with Crippen LogP contribution in [0.3, 0.4) is 0 Å². The third-order valence-corrected chi connectivity index (χ3v) is 6.98. The van der Waals surface area contributed by atoms with Gasteiger partial charge in [0.05, 0.1) is 5.69 Å². The van der Waals surface area contributed by atoms with Crippen molar-refractivity contribution in [2.45, 2.75) is 23.6 Å². The van der Waals surface area contributed by atoms with Gasteiger partial charge in [-0.05, 0) is 86.0 Å². The number of rotatable bonds is 7. The van der Waals surface area contributed by atoms with Crippen LogP contribution in [0.25, 0.3) is 0 Å². The minimum Gasteiger partial charge on any atom is -0.447 e. The molecule has 3 aromatic rings. The van der Waals surface area contributed by atoms with E-state index in [1.54, 1.807) is 59.9 Å². The lowest BCUT2D eigenvalue weighted by molar-refractivity contribution is -0.121. The Morgan fingerprint density at radius 1 is 0.667 bits per heavy atom. The minimum atomic E-state index is -0.565. The molecule has 4 rings (SSSR count). The first-order valence-corrected chi connectivity index (χ1v) is 12.7. The Morgan fingerprint density at radius 3 is 1.52 bits per heavy atom. The van der Waals surface area contributed by atoms with Crippen LogP contribution in [0.1, 0.15) is 11.1 Å². The van der Waals surface area contributed by atoms with Crippen LogP contribution in [0.5, 0.6) is 11.5 Å². The fourth-order valence-corrected chi connectivity index (χ4v) is 4.72. The summed E-state index contributed by atoms with van der Waals surface area (Å²) in [5, 5.41) is 0. The lowest BCUT2D eigenvalue weighted by atomic mass is 10.2. The van der Waals surface area contributed by atoms with E-state index in [-0.39, 0.29) is 11.5 Å². The van der Waals surface area contributed by atoms with Gasteiger partial charge in [-0.1, -0.05) is 18.2 Å². The molecule has 168 valence electrons. The zero-order valence-electron chi connectivity index (χ0n) is 18.7. The summed E-state index contributed by atoms with van der Waals surface area (Å²) >= 11 is 3.26. The maximum absolute atomic E-state index is 13.3. The number of ether oxygens (including phenoxy) is 2. The third-order valence-electron chi connectivity index (χ3n) is 5.19. The summed E-state index contributed by atoms with van der Waals surface area (Å²) in [5.74, 6) is -0.466. The topological polar surface area (TPSA) is 55.8 Å². The molecule has 3 aromatic carbocycles. The fraction of sp³-hybridized carbons (Fsp3) is 0.154. The Labute approximate surface area is 201 Å². The molecule has 0 radical (unpaired) electrons. The van der Waals surface area contributed by atoms with Gasteiger partial charge in [0.1, 0.15) is 11.5 Å². The third kappa shape index (κ3) is 4.65. The van der Waals surface area contributed by atoms with Crippen molar-refractivity contribution in [3.05, 3.63) is 89.4 Å². The number of hydrogen-bond donors (Lipinski definition) is 0. The minimum absolute atomic E-state index is 0.133. The Balaban J connectivity index is 1.74. The van der Waals surface area contributed by atoms with Gasteiger partial charge >= 0.3 is 11.8 Å². The van der Waals surface area contributed by atoms with E-state index in [1.165, 1.54) is 0 Å². The van der Waals surface area contributed by atoms with E-state index in [1.807, 2.05) is 56.7 Å². The molecule has 2 amide bonds. The zero-order valence-corrected chi connectivity index (χ0v) is 20.4. The Kier molecular flexibility index (Phi) is 6.81. The van der Waals surface area contributed by atoms with E-state index in [4.69, 9.17) is 9.47 Å². The molecule has 0 fully saturated rings. The van der Waals surface area contributed by atoms with Crippen LogP contribution in [-0.4, -0.2) is 24.3 Å². The predicted octanol–water partition coefficient (Wildman–Crippen LogP) is 5.99. The van der Waals surface area contributed by atoms with Crippen LogP contribution in [-0.2, 0) is 9.59 Å². The van der Waals surface area contributed by atoms with Crippen LogP contribution in [0, 0.1) is 13.8 Å². The number of carbonyl (C=O) groups excluding carboxylic acids is 2. The average molecular weight is 478 g/mol. The smallest absolute Gasteiger partial charge is 0.305 e. The SMILES string of the molecule is CSc1ccc(OC2=C(Oc3ccc(SC)c(C)c3)C(=O)N(c3ccccc3)C2=O)cc1C. The first-order chi connectivity index (χ1) is 15.9. The zero-order chi connectivity index (χ0) is 23.5. The summed E-state index contributed by atoms with van der Waals surface area (Å²) in [6, 6.07) is 19.9. The number of aryl methyl sites for hydroxylation is 2. The fourth-order valence-electron chi connectivity index (χ4n) is 3.55. The van der Waals surface area contributed by atoms with Crippen LogP contribution in [0.2, 0.25) is 0 Å². The highest BCUT2D eigenvalue weighted by Crippen LogP contribution is 2.33. The summed E-state index contributed by atoms with van der Waals surface area (Å²) < 4.78 is 12.0. The monoisotopic (exact) mass is 477 g/mol. The standard InChI is InChI=1S/C26H23NO4S2/c1-16-14-19(10-12-21(16)32-3)30-23-24(31-20-11-13-22(33-4)17(2)15-20)26(29)27(25(23)28)18-8-6-5-7-9-18/h5-15H,1-4H3. The number of benzene rings is 3. The van der Waals surface area contributed by atoms with Crippen LogP contribution < -0.4 is 14.4 Å². The molecular weight excluding hydrogens is 454 g/mol. The van der Waals surface area contributed by atoms with Gasteiger partial charge in [-0.3, -0.25) is 9.59 Å². The van der Waals surface area contributed by atoms with E-state index in [9.17, 15) is 9.59 Å². The summed E-state index contributed by atoms with van der Waals surface area (Å²) in [5.41, 5.74) is 2.49. The van der Waals surface area contributed by atoms with E-state index < -0.39 is 11.8 Å². The Morgan fingerprint density at radius 2 is 1.12 bits per heavy atom. The second kappa shape index (κ2) is 9.77. The molecule has 1 heterocycles. The summed E-state index contributed by atoms with van der Waals surface area (Å²) in [7, 11) is 0. The van der Waals surface area contributed by atoms with Crippen molar-refractivity contribution < 1.29 is 19.1 Å². The molecule has 0 saturated carbocycles. The molecular formula is C26H23NO4S2.